The summed E-state index contributed by atoms with van der Waals surface area (Å²) in [5.41, 5.74) is 0.348. The van der Waals surface area contributed by atoms with Gasteiger partial charge in [-0.15, -0.1) is 0 Å². The number of hydrogen-bond donors (Lipinski definition) is 2. The zero-order valence-corrected chi connectivity index (χ0v) is 11.6. The molecule has 1 aliphatic heterocycles. The highest BCUT2D eigenvalue weighted by atomic mass is 16.6. The lowest BCUT2D eigenvalue weighted by atomic mass is 9.87. The monoisotopic (exact) mass is 301 g/mol. The van der Waals surface area contributed by atoms with Crippen molar-refractivity contribution in [1.29, 1.82) is 0 Å². The van der Waals surface area contributed by atoms with Gasteiger partial charge in [0.25, 0.3) is 0 Å². The number of aromatic hydroxyl groups is 1. The van der Waals surface area contributed by atoms with E-state index in [1.807, 2.05) is 0 Å². The number of ether oxygens (including phenoxy) is 2. The van der Waals surface area contributed by atoms with Gasteiger partial charge in [-0.1, -0.05) is 17.9 Å². The summed E-state index contributed by atoms with van der Waals surface area (Å²) in [6, 6.07) is 8.65. The molecule has 22 heavy (non-hydrogen) atoms. The lowest BCUT2D eigenvalue weighted by Crippen LogP contribution is -2.36. The molecule has 0 aromatic heterocycles. The average Bonchev–Trinajstić information content (AvgIpc) is 2.46. The van der Waals surface area contributed by atoms with Crippen molar-refractivity contribution in [2.75, 3.05) is 7.11 Å². The minimum Gasteiger partial charge on any atom is -0.872 e. The number of aliphatic hydroxyl groups is 1. The molecule has 114 valence electrons. The van der Waals surface area contributed by atoms with Gasteiger partial charge in [-0.2, -0.15) is 0 Å². The summed E-state index contributed by atoms with van der Waals surface area (Å²) in [7, 11) is 1.52. The fraction of sp³-hybridized carbons (Fsp3) is 0.188. The van der Waals surface area contributed by atoms with Gasteiger partial charge < -0.3 is 24.8 Å². The normalized spacial score (nSPS) is 20.2. The van der Waals surface area contributed by atoms with E-state index in [4.69, 9.17) is 9.47 Å². The fourth-order valence-corrected chi connectivity index (χ4v) is 2.52. The Morgan fingerprint density at radius 3 is 2.55 bits per heavy atom. The number of ketones is 1. The van der Waals surface area contributed by atoms with Gasteiger partial charge >= 0.3 is 0 Å². The Hall–Kier alpha value is -2.73. The van der Waals surface area contributed by atoms with Crippen molar-refractivity contribution in [2.45, 2.75) is 12.2 Å². The van der Waals surface area contributed by atoms with Crippen molar-refractivity contribution in [3.63, 3.8) is 0 Å². The molecule has 0 amide bonds. The number of phenolic OH excluding ortho intramolecular Hbond substituents is 1. The van der Waals surface area contributed by atoms with Gasteiger partial charge in [-0.3, -0.25) is 4.79 Å². The lowest BCUT2D eigenvalue weighted by Gasteiger charge is -2.31. The first-order valence-corrected chi connectivity index (χ1v) is 6.58. The molecule has 0 saturated heterocycles. The number of carbonyl (C=O) groups excluding carboxylic acids is 1. The third kappa shape index (κ3) is 2.23. The largest absolute Gasteiger partial charge is 0.872 e. The number of phenols is 1. The van der Waals surface area contributed by atoms with Crippen LogP contribution in [-0.4, -0.2) is 29.4 Å². The molecular formula is C16H13O6-. The SMILES string of the molecule is COc1ccc(C2C(=O)c3c([O-])cc(O)cc3OC2O)cc1. The smallest absolute Gasteiger partial charge is 0.211 e. The molecule has 0 aliphatic carbocycles. The van der Waals surface area contributed by atoms with E-state index in [9.17, 15) is 20.1 Å². The van der Waals surface area contributed by atoms with Gasteiger partial charge in [-0.05, 0) is 23.8 Å². The van der Waals surface area contributed by atoms with Crippen LogP contribution in [0.4, 0.5) is 0 Å². The third-order valence-corrected chi connectivity index (χ3v) is 3.59. The molecule has 6 nitrogen and oxygen atoms in total. The van der Waals surface area contributed by atoms with Gasteiger partial charge in [-0.25, -0.2) is 0 Å². The van der Waals surface area contributed by atoms with E-state index in [1.165, 1.54) is 7.11 Å². The predicted octanol–water partition coefficient (Wildman–Crippen LogP) is 1.15. The Bertz CT molecular complexity index is 722. The molecule has 0 bridgehead atoms. The van der Waals surface area contributed by atoms with Crippen molar-refractivity contribution >= 4 is 5.78 Å². The number of aliphatic hydroxyl groups excluding tert-OH is 1. The minimum atomic E-state index is -1.44. The van der Waals surface area contributed by atoms with Gasteiger partial charge in [0.05, 0.1) is 12.7 Å². The van der Waals surface area contributed by atoms with E-state index in [-0.39, 0.29) is 17.1 Å². The molecule has 0 fully saturated rings. The molecule has 2 unspecified atom stereocenters. The molecule has 0 saturated carbocycles. The molecule has 2 atom stereocenters. The first kappa shape index (κ1) is 14.2. The molecule has 0 spiro atoms. The Balaban J connectivity index is 2.04. The van der Waals surface area contributed by atoms with E-state index >= 15 is 0 Å². The molecule has 3 rings (SSSR count). The Morgan fingerprint density at radius 2 is 1.91 bits per heavy atom. The predicted molar refractivity (Wildman–Crippen MR) is 74.3 cm³/mol. The Morgan fingerprint density at radius 1 is 1.23 bits per heavy atom. The van der Waals surface area contributed by atoms with Gasteiger partial charge in [0, 0.05) is 6.07 Å². The molecule has 1 heterocycles. The molecular weight excluding hydrogens is 288 g/mol. The zero-order chi connectivity index (χ0) is 15.9. The van der Waals surface area contributed by atoms with Gasteiger partial charge in [0.2, 0.25) is 6.29 Å². The first-order chi connectivity index (χ1) is 10.5. The lowest BCUT2D eigenvalue weighted by molar-refractivity contribution is -0.269. The van der Waals surface area contributed by atoms with Crippen LogP contribution in [0, 0.1) is 0 Å². The quantitative estimate of drug-likeness (QED) is 0.863. The average molecular weight is 301 g/mol. The highest BCUT2D eigenvalue weighted by molar-refractivity contribution is 6.06. The second-order valence-corrected chi connectivity index (χ2v) is 4.94. The van der Waals surface area contributed by atoms with Crippen LogP contribution in [0.3, 0.4) is 0 Å². The second kappa shape index (κ2) is 5.23. The van der Waals surface area contributed by atoms with Gasteiger partial charge in [0.15, 0.2) is 5.78 Å². The summed E-state index contributed by atoms with van der Waals surface area (Å²) in [4.78, 5) is 12.6. The van der Waals surface area contributed by atoms with Crippen molar-refractivity contribution < 1.29 is 29.6 Å². The van der Waals surface area contributed by atoms with Crippen molar-refractivity contribution in [2.24, 2.45) is 0 Å². The highest BCUT2D eigenvalue weighted by Gasteiger charge is 2.37. The maximum absolute atomic E-state index is 12.6. The molecule has 2 aromatic carbocycles. The van der Waals surface area contributed by atoms with Crippen LogP contribution in [0.15, 0.2) is 36.4 Å². The molecule has 6 heteroatoms. The van der Waals surface area contributed by atoms with E-state index in [0.717, 1.165) is 12.1 Å². The Kier molecular flexibility index (Phi) is 3.38. The maximum Gasteiger partial charge on any atom is 0.211 e. The topological polar surface area (TPSA) is 99.1 Å². The van der Waals surface area contributed by atoms with Crippen LogP contribution >= 0.6 is 0 Å². The number of carbonyl (C=O) groups is 1. The number of hydrogen-bond acceptors (Lipinski definition) is 6. The van der Waals surface area contributed by atoms with Crippen LogP contribution in [0.1, 0.15) is 21.8 Å². The zero-order valence-electron chi connectivity index (χ0n) is 11.6. The first-order valence-electron chi connectivity index (χ1n) is 6.58. The Labute approximate surface area is 126 Å². The second-order valence-electron chi connectivity index (χ2n) is 4.94. The summed E-state index contributed by atoms with van der Waals surface area (Å²) in [5, 5.41) is 31.4. The minimum absolute atomic E-state index is 0.104. The molecule has 2 N–H and O–H groups in total. The third-order valence-electron chi connectivity index (χ3n) is 3.59. The summed E-state index contributed by atoms with van der Waals surface area (Å²) in [6.45, 7) is 0. The molecule has 1 aliphatic rings. The summed E-state index contributed by atoms with van der Waals surface area (Å²) >= 11 is 0. The number of rotatable bonds is 2. The number of fused-ring (bicyclic) bond motifs is 1. The number of Topliss-reactive ketones (excluding diaryl/α,β-unsaturated/α-hetero) is 1. The summed E-state index contributed by atoms with van der Waals surface area (Å²) in [6.07, 6.45) is -1.44. The van der Waals surface area contributed by atoms with E-state index in [1.54, 1.807) is 24.3 Å². The van der Waals surface area contributed by atoms with Crippen molar-refractivity contribution in [3.05, 3.63) is 47.5 Å². The van der Waals surface area contributed by atoms with Crippen LogP contribution < -0.4 is 14.6 Å². The van der Waals surface area contributed by atoms with Crippen LogP contribution in [0.25, 0.3) is 0 Å². The fourth-order valence-electron chi connectivity index (χ4n) is 2.52. The molecule has 2 aromatic rings. The van der Waals surface area contributed by atoms with Crippen molar-refractivity contribution in [1.82, 2.24) is 0 Å². The summed E-state index contributed by atoms with van der Waals surface area (Å²) in [5.74, 6) is -1.99. The van der Waals surface area contributed by atoms with Crippen LogP contribution in [0.2, 0.25) is 0 Å². The number of methoxy groups -OCH3 is 1. The van der Waals surface area contributed by atoms with Crippen molar-refractivity contribution in [3.8, 4) is 23.0 Å². The van der Waals surface area contributed by atoms with E-state index < -0.39 is 23.7 Å². The standard InChI is InChI=1S/C16H14O6/c1-21-10-4-2-8(3-5-10)13-15(19)14-11(18)6-9(17)7-12(14)22-16(13)20/h2-7,13,16-18,20H,1H3/p-1. The van der Waals surface area contributed by atoms with Crippen LogP contribution in [0.5, 0.6) is 23.0 Å². The van der Waals surface area contributed by atoms with Gasteiger partial charge in [0.1, 0.15) is 23.2 Å². The van der Waals surface area contributed by atoms with E-state index in [2.05, 4.69) is 0 Å². The molecule has 0 radical (unpaired) electrons. The summed E-state index contributed by atoms with van der Waals surface area (Å²) < 4.78 is 10.3. The maximum atomic E-state index is 12.6. The highest BCUT2D eigenvalue weighted by Crippen LogP contribution is 2.41. The van der Waals surface area contributed by atoms with Crippen LogP contribution in [-0.2, 0) is 0 Å². The number of benzene rings is 2. The van der Waals surface area contributed by atoms with E-state index in [0.29, 0.717) is 11.3 Å².